The molecule has 0 radical (unpaired) electrons. The maximum absolute atomic E-state index is 10.8. The van der Waals surface area contributed by atoms with Crippen molar-refractivity contribution in [1.29, 1.82) is 0 Å². The van der Waals surface area contributed by atoms with Crippen LogP contribution in [-0.2, 0) is 14.3 Å². The van der Waals surface area contributed by atoms with Gasteiger partial charge in [-0.1, -0.05) is 0 Å². The third kappa shape index (κ3) is 3.92. The van der Waals surface area contributed by atoms with E-state index in [-0.39, 0.29) is 6.42 Å². The number of hydrogen-bond acceptors (Lipinski definition) is 4. The van der Waals surface area contributed by atoms with Gasteiger partial charge in [0.15, 0.2) is 0 Å². The highest BCUT2D eigenvalue weighted by atomic mass is 16.5. The van der Waals surface area contributed by atoms with Crippen LogP contribution >= 0.6 is 0 Å². The van der Waals surface area contributed by atoms with Crippen molar-refractivity contribution in [2.75, 3.05) is 13.7 Å². The maximum Gasteiger partial charge on any atom is 0.307 e. The lowest BCUT2D eigenvalue weighted by Crippen LogP contribution is -2.41. The topological polar surface area (TPSA) is 81.4 Å². The van der Waals surface area contributed by atoms with Gasteiger partial charge in [0.05, 0.1) is 19.1 Å². The zero-order valence-corrected chi connectivity index (χ0v) is 7.29. The lowest BCUT2D eigenvalue weighted by Gasteiger charge is -2.10. The Bertz CT molecular complexity index is 170. The highest BCUT2D eigenvalue weighted by Gasteiger charge is 2.17. The fourth-order valence-electron chi connectivity index (χ4n) is 0.731. The summed E-state index contributed by atoms with van der Waals surface area (Å²) in [6.07, 6.45) is -0.0142. The van der Waals surface area contributed by atoms with Gasteiger partial charge in [0.1, 0.15) is 0 Å². The number of esters is 1. The SMILES string of the molecule is CCOC(=O)CC(NC)C(N)=O. The van der Waals surface area contributed by atoms with Crippen LogP contribution in [0.1, 0.15) is 13.3 Å². The molecule has 0 aliphatic heterocycles. The molecule has 1 unspecified atom stereocenters. The molecule has 12 heavy (non-hydrogen) atoms. The van der Waals surface area contributed by atoms with E-state index >= 15 is 0 Å². The van der Waals surface area contributed by atoms with Gasteiger partial charge >= 0.3 is 5.97 Å². The number of primary amides is 1. The molecule has 0 aliphatic carbocycles. The summed E-state index contributed by atoms with van der Waals surface area (Å²) >= 11 is 0. The second kappa shape index (κ2) is 5.54. The van der Waals surface area contributed by atoms with Crippen molar-refractivity contribution in [1.82, 2.24) is 5.32 Å². The average molecular weight is 174 g/mol. The fourth-order valence-corrected chi connectivity index (χ4v) is 0.731. The first-order valence-corrected chi connectivity index (χ1v) is 3.74. The van der Waals surface area contributed by atoms with Gasteiger partial charge in [-0.15, -0.1) is 0 Å². The molecule has 0 aliphatic rings. The van der Waals surface area contributed by atoms with E-state index in [0.29, 0.717) is 6.61 Å². The van der Waals surface area contributed by atoms with E-state index in [0.717, 1.165) is 0 Å². The lowest BCUT2D eigenvalue weighted by atomic mass is 10.2. The summed E-state index contributed by atoms with van der Waals surface area (Å²) in [7, 11) is 1.56. The van der Waals surface area contributed by atoms with Crippen molar-refractivity contribution in [2.24, 2.45) is 5.73 Å². The Morgan fingerprint density at radius 3 is 2.50 bits per heavy atom. The van der Waals surface area contributed by atoms with E-state index in [4.69, 9.17) is 5.73 Å². The molecule has 0 heterocycles. The molecular formula is C7H14N2O3. The first-order chi connectivity index (χ1) is 5.61. The molecule has 0 bridgehead atoms. The Balaban J connectivity index is 3.85. The third-order valence-corrected chi connectivity index (χ3v) is 1.37. The van der Waals surface area contributed by atoms with Gasteiger partial charge in [-0.05, 0) is 14.0 Å². The molecule has 0 saturated heterocycles. The van der Waals surface area contributed by atoms with E-state index in [1.165, 1.54) is 0 Å². The van der Waals surface area contributed by atoms with Crippen LogP contribution in [0, 0.1) is 0 Å². The molecule has 1 amide bonds. The minimum Gasteiger partial charge on any atom is -0.466 e. The number of nitrogens with one attached hydrogen (secondary N) is 1. The van der Waals surface area contributed by atoms with Crippen molar-refractivity contribution >= 4 is 11.9 Å². The Morgan fingerprint density at radius 1 is 1.58 bits per heavy atom. The number of rotatable bonds is 5. The normalized spacial score (nSPS) is 12.2. The molecule has 0 aromatic rings. The largest absolute Gasteiger partial charge is 0.466 e. The van der Waals surface area contributed by atoms with Crippen LogP contribution in [-0.4, -0.2) is 31.6 Å². The third-order valence-electron chi connectivity index (χ3n) is 1.37. The molecule has 0 aromatic heterocycles. The maximum atomic E-state index is 10.8. The first-order valence-electron chi connectivity index (χ1n) is 3.74. The number of carbonyl (C=O) groups excluding carboxylic acids is 2. The van der Waals surface area contributed by atoms with Gasteiger partial charge in [-0.2, -0.15) is 0 Å². The van der Waals surface area contributed by atoms with Crippen LogP contribution < -0.4 is 11.1 Å². The molecule has 5 nitrogen and oxygen atoms in total. The number of carbonyl (C=O) groups is 2. The van der Waals surface area contributed by atoms with Crippen molar-refractivity contribution < 1.29 is 14.3 Å². The van der Waals surface area contributed by atoms with Crippen LogP contribution in [0.2, 0.25) is 0 Å². The zero-order valence-electron chi connectivity index (χ0n) is 7.29. The first kappa shape index (κ1) is 10.9. The minimum atomic E-state index is -0.635. The molecule has 0 saturated carbocycles. The van der Waals surface area contributed by atoms with Crippen molar-refractivity contribution in [3.8, 4) is 0 Å². The molecule has 5 heteroatoms. The van der Waals surface area contributed by atoms with Gasteiger partial charge in [-0.3, -0.25) is 9.59 Å². The highest BCUT2D eigenvalue weighted by Crippen LogP contribution is 1.93. The fraction of sp³-hybridized carbons (Fsp3) is 0.714. The van der Waals surface area contributed by atoms with Gasteiger partial charge in [0, 0.05) is 0 Å². The standard InChI is InChI=1S/C7H14N2O3/c1-3-12-6(10)4-5(9-2)7(8)11/h5,9H,3-4H2,1-2H3,(H2,8,11). The van der Waals surface area contributed by atoms with Crippen LogP contribution in [0.3, 0.4) is 0 Å². The minimum absolute atomic E-state index is 0.0142. The second-order valence-corrected chi connectivity index (χ2v) is 2.25. The smallest absolute Gasteiger partial charge is 0.307 e. The zero-order chi connectivity index (χ0) is 9.56. The molecule has 0 rings (SSSR count). The van der Waals surface area contributed by atoms with Crippen molar-refractivity contribution in [3.05, 3.63) is 0 Å². The van der Waals surface area contributed by atoms with Crippen LogP contribution in [0.15, 0.2) is 0 Å². The summed E-state index contributed by atoms with van der Waals surface area (Å²) in [5, 5.41) is 2.62. The van der Waals surface area contributed by atoms with E-state index in [2.05, 4.69) is 10.1 Å². The van der Waals surface area contributed by atoms with E-state index < -0.39 is 17.9 Å². The van der Waals surface area contributed by atoms with E-state index in [1.807, 2.05) is 0 Å². The Hall–Kier alpha value is -1.10. The number of likely N-dealkylation sites (N-methyl/N-ethyl adjacent to an activating group) is 1. The molecule has 3 N–H and O–H groups in total. The molecule has 70 valence electrons. The summed E-state index contributed by atoms with van der Waals surface area (Å²) in [6.45, 7) is 2.02. The average Bonchev–Trinajstić information content (AvgIpc) is 2.00. The number of hydrogen-bond donors (Lipinski definition) is 2. The van der Waals surface area contributed by atoms with Gasteiger partial charge < -0.3 is 15.8 Å². The van der Waals surface area contributed by atoms with Crippen LogP contribution in [0.4, 0.5) is 0 Å². The summed E-state index contributed by atoms with van der Waals surface area (Å²) < 4.78 is 4.64. The van der Waals surface area contributed by atoms with E-state index in [1.54, 1.807) is 14.0 Å². The Labute approximate surface area is 71.3 Å². The lowest BCUT2D eigenvalue weighted by molar-refractivity contribution is -0.145. The molecule has 1 atom stereocenters. The highest BCUT2D eigenvalue weighted by molar-refractivity contribution is 5.85. The predicted molar refractivity (Wildman–Crippen MR) is 43.3 cm³/mol. The van der Waals surface area contributed by atoms with Crippen molar-refractivity contribution in [3.63, 3.8) is 0 Å². The molecule has 0 spiro atoms. The molecule has 0 fully saturated rings. The summed E-state index contributed by atoms with van der Waals surface area (Å²) in [5.41, 5.74) is 4.98. The summed E-state index contributed by atoms with van der Waals surface area (Å²) in [4.78, 5) is 21.5. The van der Waals surface area contributed by atoms with Crippen LogP contribution in [0.5, 0.6) is 0 Å². The summed E-state index contributed by atoms with van der Waals surface area (Å²) in [6, 6.07) is -0.635. The Kier molecular flexibility index (Phi) is 5.03. The number of ether oxygens (including phenoxy) is 1. The van der Waals surface area contributed by atoms with Gasteiger partial charge in [0.2, 0.25) is 5.91 Å². The van der Waals surface area contributed by atoms with Crippen LogP contribution in [0.25, 0.3) is 0 Å². The van der Waals surface area contributed by atoms with Crippen molar-refractivity contribution in [2.45, 2.75) is 19.4 Å². The van der Waals surface area contributed by atoms with Gasteiger partial charge in [0.25, 0.3) is 0 Å². The quantitative estimate of drug-likeness (QED) is 0.524. The second-order valence-electron chi connectivity index (χ2n) is 2.25. The van der Waals surface area contributed by atoms with E-state index in [9.17, 15) is 9.59 Å². The molecular weight excluding hydrogens is 160 g/mol. The predicted octanol–water partition coefficient (Wildman–Crippen LogP) is -0.987. The number of nitrogens with two attached hydrogens (primary N) is 1. The van der Waals surface area contributed by atoms with Gasteiger partial charge in [-0.25, -0.2) is 0 Å². The summed E-state index contributed by atoms with van der Waals surface area (Å²) in [5.74, 6) is -0.971. The molecule has 0 aromatic carbocycles. The monoisotopic (exact) mass is 174 g/mol. The number of amides is 1. The Morgan fingerprint density at radius 2 is 2.17 bits per heavy atom.